The summed E-state index contributed by atoms with van der Waals surface area (Å²) in [5.74, 6) is -0.529. The first-order valence-electron chi connectivity index (χ1n) is 8.38. The van der Waals surface area contributed by atoms with Gasteiger partial charge < -0.3 is 19.5 Å². The second-order valence-electron chi connectivity index (χ2n) is 5.89. The zero-order chi connectivity index (χ0) is 21.6. The van der Waals surface area contributed by atoms with E-state index in [4.69, 9.17) is 9.47 Å². The van der Waals surface area contributed by atoms with E-state index in [-0.39, 0.29) is 16.9 Å². The van der Waals surface area contributed by atoms with Crippen LogP contribution in [-0.2, 0) is 19.6 Å². The Morgan fingerprint density at radius 1 is 1.00 bits per heavy atom. The number of hydrogen-bond donors (Lipinski definition) is 1. The van der Waals surface area contributed by atoms with Crippen LogP contribution in [0.1, 0.15) is 10.4 Å². The van der Waals surface area contributed by atoms with Gasteiger partial charge in [-0.25, -0.2) is 13.2 Å². The number of anilines is 2. The average Bonchev–Trinajstić information content (AvgIpc) is 2.70. The summed E-state index contributed by atoms with van der Waals surface area (Å²) in [7, 11) is 0.305. The van der Waals surface area contributed by atoms with Crippen molar-refractivity contribution in [2.75, 3.05) is 43.8 Å². The summed E-state index contributed by atoms with van der Waals surface area (Å²) in [6, 6.07) is 10.7. The molecule has 0 saturated carbocycles. The third-order valence-corrected chi connectivity index (χ3v) is 5.09. The van der Waals surface area contributed by atoms with Gasteiger partial charge >= 0.3 is 5.97 Å². The zero-order valence-electron chi connectivity index (χ0n) is 16.5. The van der Waals surface area contributed by atoms with Gasteiger partial charge in [0.15, 0.2) is 11.5 Å². The predicted octanol–water partition coefficient (Wildman–Crippen LogP) is 1.90. The number of nitrogens with zero attached hydrogens (tertiary/aromatic N) is 1. The molecule has 10 heteroatoms. The number of amides is 1. The molecular formula is C19H22N2O7S. The van der Waals surface area contributed by atoms with Crippen molar-refractivity contribution >= 4 is 33.3 Å². The summed E-state index contributed by atoms with van der Waals surface area (Å²) < 4.78 is 40.5. The van der Waals surface area contributed by atoms with Crippen LogP contribution in [0, 0.1) is 0 Å². The third kappa shape index (κ3) is 5.38. The van der Waals surface area contributed by atoms with Gasteiger partial charge in [-0.2, -0.15) is 0 Å². The third-order valence-electron chi connectivity index (χ3n) is 3.95. The van der Waals surface area contributed by atoms with Crippen molar-refractivity contribution < 1.29 is 32.2 Å². The van der Waals surface area contributed by atoms with Crippen molar-refractivity contribution in [2.24, 2.45) is 0 Å². The molecule has 1 amide bonds. The normalized spacial score (nSPS) is 10.8. The van der Waals surface area contributed by atoms with E-state index in [0.29, 0.717) is 11.5 Å². The maximum Gasteiger partial charge on any atom is 0.339 e. The van der Waals surface area contributed by atoms with Crippen molar-refractivity contribution in [3.63, 3.8) is 0 Å². The maximum atomic E-state index is 12.6. The number of nitrogens with one attached hydrogen (secondary N) is 1. The first-order valence-corrected chi connectivity index (χ1v) is 10.2. The SMILES string of the molecule is COC(=O)c1ccccc1NC(=O)CN(c1ccc(OC)c(OC)c1)S(C)(=O)=O. The van der Waals surface area contributed by atoms with Gasteiger partial charge in [-0.3, -0.25) is 9.10 Å². The Hall–Kier alpha value is -3.27. The van der Waals surface area contributed by atoms with Crippen LogP contribution >= 0.6 is 0 Å². The molecule has 2 aromatic carbocycles. The number of methoxy groups -OCH3 is 3. The fourth-order valence-corrected chi connectivity index (χ4v) is 3.43. The highest BCUT2D eigenvalue weighted by Crippen LogP contribution is 2.32. The molecule has 0 unspecified atom stereocenters. The lowest BCUT2D eigenvalue weighted by atomic mass is 10.2. The summed E-state index contributed by atoms with van der Waals surface area (Å²) in [6.45, 7) is -0.510. The van der Waals surface area contributed by atoms with Crippen molar-refractivity contribution in [1.29, 1.82) is 0 Å². The molecule has 0 aliphatic rings. The molecule has 2 aromatic rings. The Morgan fingerprint density at radius 2 is 1.66 bits per heavy atom. The minimum atomic E-state index is -3.80. The smallest absolute Gasteiger partial charge is 0.339 e. The molecular weight excluding hydrogens is 400 g/mol. The van der Waals surface area contributed by atoms with Crippen LogP contribution in [0.4, 0.5) is 11.4 Å². The number of benzene rings is 2. The van der Waals surface area contributed by atoms with E-state index in [9.17, 15) is 18.0 Å². The van der Waals surface area contributed by atoms with Gasteiger partial charge in [0.1, 0.15) is 6.54 Å². The zero-order valence-corrected chi connectivity index (χ0v) is 17.3. The van der Waals surface area contributed by atoms with Gasteiger partial charge in [0.2, 0.25) is 15.9 Å². The van der Waals surface area contributed by atoms with Crippen LogP contribution in [0.5, 0.6) is 11.5 Å². The molecule has 0 aliphatic heterocycles. The summed E-state index contributed by atoms with van der Waals surface area (Å²) in [5, 5.41) is 2.55. The van der Waals surface area contributed by atoms with Crippen LogP contribution in [0.15, 0.2) is 42.5 Å². The first kappa shape index (κ1) is 22.0. The Labute approximate surface area is 169 Å². The van der Waals surface area contributed by atoms with Crippen molar-refractivity contribution in [2.45, 2.75) is 0 Å². The number of sulfonamides is 1. The summed E-state index contributed by atoms with van der Waals surface area (Å²) in [4.78, 5) is 24.4. The molecule has 0 aliphatic carbocycles. The average molecular weight is 422 g/mol. The number of hydrogen-bond acceptors (Lipinski definition) is 7. The van der Waals surface area contributed by atoms with Crippen LogP contribution in [0.3, 0.4) is 0 Å². The number of para-hydroxylation sites is 1. The van der Waals surface area contributed by atoms with E-state index in [1.54, 1.807) is 12.1 Å². The molecule has 0 bridgehead atoms. The molecule has 0 radical (unpaired) electrons. The Morgan fingerprint density at radius 3 is 2.24 bits per heavy atom. The monoisotopic (exact) mass is 422 g/mol. The van der Waals surface area contributed by atoms with Crippen molar-refractivity contribution in [1.82, 2.24) is 0 Å². The van der Waals surface area contributed by atoms with E-state index in [0.717, 1.165) is 10.6 Å². The highest BCUT2D eigenvalue weighted by molar-refractivity contribution is 7.92. The number of carbonyl (C=O) groups excluding carboxylic acids is 2. The quantitative estimate of drug-likeness (QED) is 0.647. The number of carbonyl (C=O) groups is 2. The summed E-state index contributed by atoms with van der Waals surface area (Å²) in [5.41, 5.74) is 0.590. The fraction of sp³-hybridized carbons (Fsp3) is 0.263. The van der Waals surface area contributed by atoms with Crippen LogP contribution in [0.25, 0.3) is 0 Å². The minimum Gasteiger partial charge on any atom is -0.493 e. The van der Waals surface area contributed by atoms with Gasteiger partial charge in [-0.15, -0.1) is 0 Å². The predicted molar refractivity (Wildman–Crippen MR) is 108 cm³/mol. The second-order valence-corrected chi connectivity index (χ2v) is 7.80. The van der Waals surface area contributed by atoms with E-state index in [2.05, 4.69) is 10.1 Å². The van der Waals surface area contributed by atoms with E-state index < -0.39 is 28.4 Å². The summed E-state index contributed by atoms with van der Waals surface area (Å²) >= 11 is 0. The fourth-order valence-electron chi connectivity index (χ4n) is 2.58. The van der Waals surface area contributed by atoms with Crippen LogP contribution in [0.2, 0.25) is 0 Å². The highest BCUT2D eigenvalue weighted by atomic mass is 32.2. The number of esters is 1. The van der Waals surface area contributed by atoms with Crippen molar-refractivity contribution in [3.8, 4) is 11.5 Å². The lowest BCUT2D eigenvalue weighted by molar-refractivity contribution is -0.114. The number of rotatable bonds is 8. The second kappa shape index (κ2) is 9.28. The summed E-state index contributed by atoms with van der Waals surface area (Å²) in [6.07, 6.45) is 0.985. The largest absolute Gasteiger partial charge is 0.493 e. The highest BCUT2D eigenvalue weighted by Gasteiger charge is 2.23. The van der Waals surface area contributed by atoms with Gasteiger partial charge in [0.05, 0.1) is 44.5 Å². The maximum absolute atomic E-state index is 12.6. The van der Waals surface area contributed by atoms with Gasteiger partial charge in [-0.1, -0.05) is 12.1 Å². The van der Waals surface area contributed by atoms with E-state index >= 15 is 0 Å². The lowest BCUT2D eigenvalue weighted by Crippen LogP contribution is -2.37. The molecule has 0 aromatic heterocycles. The Bertz CT molecular complexity index is 1010. The molecule has 2 rings (SSSR count). The molecule has 9 nitrogen and oxygen atoms in total. The van der Waals surface area contributed by atoms with Crippen LogP contribution in [-0.4, -0.2) is 54.4 Å². The molecule has 0 spiro atoms. The van der Waals surface area contributed by atoms with Gasteiger partial charge in [0.25, 0.3) is 0 Å². The first-order chi connectivity index (χ1) is 13.7. The van der Waals surface area contributed by atoms with Gasteiger partial charge in [0, 0.05) is 6.07 Å². The van der Waals surface area contributed by atoms with Crippen LogP contribution < -0.4 is 19.1 Å². The molecule has 0 heterocycles. The lowest BCUT2D eigenvalue weighted by Gasteiger charge is -2.23. The van der Waals surface area contributed by atoms with E-state index in [1.165, 1.54) is 51.7 Å². The van der Waals surface area contributed by atoms with E-state index in [1.807, 2.05) is 0 Å². The molecule has 0 atom stereocenters. The van der Waals surface area contributed by atoms with Gasteiger partial charge in [-0.05, 0) is 24.3 Å². The molecule has 1 N–H and O–H groups in total. The molecule has 156 valence electrons. The molecule has 29 heavy (non-hydrogen) atoms. The number of ether oxygens (including phenoxy) is 3. The standard InChI is InChI=1S/C19H22N2O7S/c1-26-16-10-9-13(11-17(16)27-2)21(29(4,24)25)12-18(22)20-15-8-6-5-7-14(15)19(23)28-3/h5-11H,12H2,1-4H3,(H,20,22). The van der Waals surface area contributed by atoms with Crippen molar-refractivity contribution in [3.05, 3.63) is 48.0 Å². The Balaban J connectivity index is 2.31. The Kier molecular flexibility index (Phi) is 7.05. The minimum absolute atomic E-state index is 0.153. The molecule has 0 saturated heterocycles. The topological polar surface area (TPSA) is 111 Å². The molecule has 0 fully saturated rings.